The Kier molecular flexibility index (Phi) is 4.11. The average molecular weight is 220 g/mol. The molecule has 0 fully saturated rings. The first kappa shape index (κ1) is 13.2. The Morgan fingerprint density at radius 1 is 1.25 bits per heavy atom. The molecule has 2 nitrogen and oxygen atoms in total. The molecule has 1 aromatic carbocycles. The van der Waals surface area contributed by atoms with Crippen LogP contribution in [0.2, 0.25) is 0 Å². The second kappa shape index (κ2) is 4.98. The Morgan fingerprint density at radius 2 is 1.88 bits per heavy atom. The number of nitrogens with zero attached hydrogens (tertiary/aromatic N) is 1. The van der Waals surface area contributed by atoms with E-state index in [2.05, 4.69) is 57.8 Å². The molecule has 1 rings (SSSR count). The highest BCUT2D eigenvalue weighted by Crippen LogP contribution is 2.18. The van der Waals surface area contributed by atoms with Crippen molar-refractivity contribution < 1.29 is 0 Å². The van der Waals surface area contributed by atoms with Gasteiger partial charge in [0.15, 0.2) is 0 Å². The highest BCUT2D eigenvalue weighted by molar-refractivity contribution is 5.30. The van der Waals surface area contributed by atoms with Crippen molar-refractivity contribution in [2.75, 3.05) is 13.6 Å². The fourth-order valence-corrected chi connectivity index (χ4v) is 1.60. The zero-order valence-electron chi connectivity index (χ0n) is 11.2. The molecule has 0 aliphatic carbocycles. The highest BCUT2D eigenvalue weighted by atomic mass is 15.2. The number of nitrogens with two attached hydrogens (primary N) is 1. The lowest BCUT2D eigenvalue weighted by atomic mass is 10.0. The molecule has 0 saturated carbocycles. The number of benzene rings is 1. The number of rotatable bonds is 4. The van der Waals surface area contributed by atoms with E-state index < -0.39 is 0 Å². The Balaban J connectivity index is 2.84. The van der Waals surface area contributed by atoms with E-state index in [4.69, 9.17) is 5.73 Å². The van der Waals surface area contributed by atoms with Gasteiger partial charge in [-0.1, -0.05) is 23.8 Å². The fourth-order valence-electron chi connectivity index (χ4n) is 1.60. The molecule has 0 saturated heterocycles. The van der Waals surface area contributed by atoms with Crippen molar-refractivity contribution in [2.45, 2.75) is 39.8 Å². The first-order valence-electron chi connectivity index (χ1n) is 5.84. The molecule has 0 bridgehead atoms. The van der Waals surface area contributed by atoms with Crippen molar-refractivity contribution in [3.05, 3.63) is 34.9 Å². The number of aryl methyl sites for hydroxylation is 2. The molecule has 0 radical (unpaired) electrons. The van der Waals surface area contributed by atoms with Crippen LogP contribution < -0.4 is 5.73 Å². The maximum Gasteiger partial charge on any atom is 0.0275 e. The van der Waals surface area contributed by atoms with Gasteiger partial charge in [-0.15, -0.1) is 0 Å². The molecule has 0 aromatic heterocycles. The average Bonchev–Trinajstić information content (AvgIpc) is 2.23. The summed E-state index contributed by atoms with van der Waals surface area (Å²) in [6.07, 6.45) is 0. The summed E-state index contributed by atoms with van der Waals surface area (Å²) in [7, 11) is 2.13. The third-order valence-corrected chi connectivity index (χ3v) is 3.45. The predicted molar refractivity (Wildman–Crippen MR) is 70.5 cm³/mol. The lowest BCUT2D eigenvalue weighted by Gasteiger charge is -2.35. The van der Waals surface area contributed by atoms with Crippen LogP contribution in [0.25, 0.3) is 0 Å². The standard InChI is InChI=1S/C14H24N2/c1-11-6-7-12(2)13(8-11)9-16(5)14(3,4)10-15/h6-8H,9-10,15H2,1-5H3. The molecule has 0 heterocycles. The van der Waals surface area contributed by atoms with Crippen molar-refractivity contribution in [1.29, 1.82) is 0 Å². The molecular formula is C14H24N2. The molecule has 90 valence electrons. The summed E-state index contributed by atoms with van der Waals surface area (Å²) in [6.45, 7) is 10.3. The van der Waals surface area contributed by atoms with E-state index >= 15 is 0 Å². The van der Waals surface area contributed by atoms with Gasteiger partial charge in [0, 0.05) is 18.6 Å². The van der Waals surface area contributed by atoms with Crippen LogP contribution in [0.4, 0.5) is 0 Å². The Morgan fingerprint density at radius 3 is 2.44 bits per heavy atom. The van der Waals surface area contributed by atoms with E-state index in [0.717, 1.165) is 6.54 Å². The van der Waals surface area contributed by atoms with E-state index in [1.807, 2.05) is 0 Å². The normalized spacial score (nSPS) is 12.2. The topological polar surface area (TPSA) is 29.3 Å². The minimum absolute atomic E-state index is 0.0518. The first-order chi connectivity index (χ1) is 7.36. The Bertz CT molecular complexity index is 356. The smallest absolute Gasteiger partial charge is 0.0275 e. The van der Waals surface area contributed by atoms with Crippen molar-refractivity contribution >= 4 is 0 Å². The van der Waals surface area contributed by atoms with Gasteiger partial charge in [-0.3, -0.25) is 4.90 Å². The molecule has 1 aromatic rings. The third-order valence-electron chi connectivity index (χ3n) is 3.45. The summed E-state index contributed by atoms with van der Waals surface area (Å²) >= 11 is 0. The second-order valence-electron chi connectivity index (χ2n) is 5.30. The van der Waals surface area contributed by atoms with Gasteiger partial charge in [0.2, 0.25) is 0 Å². The SMILES string of the molecule is Cc1ccc(C)c(CN(C)C(C)(C)CN)c1. The zero-order valence-corrected chi connectivity index (χ0v) is 11.2. The van der Waals surface area contributed by atoms with E-state index in [9.17, 15) is 0 Å². The van der Waals surface area contributed by atoms with Crippen LogP contribution in [0.15, 0.2) is 18.2 Å². The Hall–Kier alpha value is -0.860. The van der Waals surface area contributed by atoms with Crippen LogP contribution >= 0.6 is 0 Å². The summed E-state index contributed by atoms with van der Waals surface area (Å²) in [5.74, 6) is 0. The molecule has 2 heteroatoms. The van der Waals surface area contributed by atoms with Crippen molar-refractivity contribution in [3.63, 3.8) is 0 Å². The van der Waals surface area contributed by atoms with Crippen molar-refractivity contribution in [1.82, 2.24) is 4.90 Å². The first-order valence-corrected chi connectivity index (χ1v) is 5.84. The van der Waals surface area contributed by atoms with E-state index in [0.29, 0.717) is 6.54 Å². The van der Waals surface area contributed by atoms with Crippen molar-refractivity contribution in [2.24, 2.45) is 5.73 Å². The van der Waals surface area contributed by atoms with Gasteiger partial charge < -0.3 is 5.73 Å². The largest absolute Gasteiger partial charge is 0.329 e. The van der Waals surface area contributed by atoms with Crippen LogP contribution in [-0.4, -0.2) is 24.0 Å². The second-order valence-corrected chi connectivity index (χ2v) is 5.30. The van der Waals surface area contributed by atoms with E-state index in [1.54, 1.807) is 0 Å². The molecule has 0 atom stereocenters. The Labute approximate surface area is 99.5 Å². The maximum atomic E-state index is 5.79. The zero-order chi connectivity index (χ0) is 12.3. The van der Waals surface area contributed by atoms with Gasteiger partial charge in [-0.2, -0.15) is 0 Å². The van der Waals surface area contributed by atoms with Crippen LogP contribution in [-0.2, 0) is 6.54 Å². The lowest BCUT2D eigenvalue weighted by molar-refractivity contribution is 0.155. The summed E-state index contributed by atoms with van der Waals surface area (Å²) in [4.78, 5) is 2.31. The fraction of sp³-hybridized carbons (Fsp3) is 0.571. The quantitative estimate of drug-likeness (QED) is 0.844. The summed E-state index contributed by atoms with van der Waals surface area (Å²) in [5, 5.41) is 0. The lowest BCUT2D eigenvalue weighted by Crippen LogP contribution is -2.46. The number of likely N-dealkylation sites (N-methyl/N-ethyl adjacent to an activating group) is 1. The molecule has 0 amide bonds. The molecule has 0 aliphatic heterocycles. The van der Waals surface area contributed by atoms with Crippen LogP contribution in [0, 0.1) is 13.8 Å². The van der Waals surface area contributed by atoms with Gasteiger partial charge in [0.05, 0.1) is 0 Å². The predicted octanol–water partition coefficient (Wildman–Crippen LogP) is 2.47. The number of hydrogen-bond acceptors (Lipinski definition) is 2. The van der Waals surface area contributed by atoms with Crippen LogP contribution in [0.1, 0.15) is 30.5 Å². The van der Waals surface area contributed by atoms with Crippen LogP contribution in [0.3, 0.4) is 0 Å². The van der Waals surface area contributed by atoms with Gasteiger partial charge in [0.25, 0.3) is 0 Å². The molecular weight excluding hydrogens is 196 g/mol. The molecule has 0 unspecified atom stereocenters. The summed E-state index contributed by atoms with van der Waals surface area (Å²) in [6, 6.07) is 6.61. The van der Waals surface area contributed by atoms with E-state index in [-0.39, 0.29) is 5.54 Å². The summed E-state index contributed by atoms with van der Waals surface area (Å²) in [5.41, 5.74) is 9.90. The highest BCUT2D eigenvalue weighted by Gasteiger charge is 2.21. The van der Waals surface area contributed by atoms with Gasteiger partial charge >= 0.3 is 0 Å². The minimum atomic E-state index is 0.0518. The molecule has 16 heavy (non-hydrogen) atoms. The molecule has 2 N–H and O–H groups in total. The minimum Gasteiger partial charge on any atom is -0.329 e. The monoisotopic (exact) mass is 220 g/mol. The summed E-state index contributed by atoms with van der Waals surface area (Å²) < 4.78 is 0. The number of hydrogen-bond donors (Lipinski definition) is 1. The van der Waals surface area contributed by atoms with E-state index in [1.165, 1.54) is 16.7 Å². The van der Waals surface area contributed by atoms with Gasteiger partial charge in [0.1, 0.15) is 0 Å². The molecule has 0 aliphatic rings. The maximum absolute atomic E-state index is 5.79. The van der Waals surface area contributed by atoms with Crippen LogP contribution in [0.5, 0.6) is 0 Å². The molecule has 0 spiro atoms. The van der Waals surface area contributed by atoms with Gasteiger partial charge in [-0.05, 0) is 45.9 Å². The van der Waals surface area contributed by atoms with Crippen molar-refractivity contribution in [3.8, 4) is 0 Å². The third kappa shape index (κ3) is 3.06. The van der Waals surface area contributed by atoms with Gasteiger partial charge in [-0.25, -0.2) is 0 Å².